The third kappa shape index (κ3) is 3.44. The van der Waals surface area contributed by atoms with Crippen LogP contribution in [0.15, 0.2) is 11.6 Å². The average molecular weight is 394 g/mol. The van der Waals surface area contributed by atoms with Crippen LogP contribution in [0.1, 0.15) is 66.2 Å². The number of rotatable bonds is 3. The summed E-state index contributed by atoms with van der Waals surface area (Å²) >= 11 is 1.89. The lowest BCUT2D eigenvalue weighted by atomic mass is 9.56. The predicted octanol–water partition coefficient (Wildman–Crippen LogP) is 3.46. The number of amides is 1. The van der Waals surface area contributed by atoms with Gasteiger partial charge in [0.1, 0.15) is 11.0 Å². The third-order valence-corrected chi connectivity index (χ3v) is 8.72. The van der Waals surface area contributed by atoms with E-state index in [2.05, 4.69) is 0 Å². The molecule has 3 unspecified atom stereocenters. The summed E-state index contributed by atoms with van der Waals surface area (Å²) in [6.45, 7) is 6.40. The molecule has 0 aromatic rings. The van der Waals surface area contributed by atoms with E-state index in [1.807, 2.05) is 18.7 Å². The Morgan fingerprint density at radius 1 is 1.15 bits per heavy atom. The van der Waals surface area contributed by atoms with Crippen molar-refractivity contribution in [2.24, 2.45) is 17.8 Å². The Morgan fingerprint density at radius 2 is 1.67 bits per heavy atom. The van der Waals surface area contributed by atoms with E-state index in [0.29, 0.717) is 0 Å². The fourth-order valence-electron chi connectivity index (χ4n) is 6.45. The Morgan fingerprint density at radius 3 is 2.11 bits per heavy atom. The van der Waals surface area contributed by atoms with Gasteiger partial charge in [0.15, 0.2) is 0 Å². The zero-order valence-electron chi connectivity index (χ0n) is 16.7. The zero-order chi connectivity index (χ0) is 19.6. The van der Waals surface area contributed by atoms with Gasteiger partial charge in [0.25, 0.3) is 0 Å². The number of hydrogen-bond acceptors (Lipinski definition) is 5. The Hall–Kier alpha value is -1.01. The van der Waals surface area contributed by atoms with E-state index in [1.54, 1.807) is 17.9 Å². The first-order valence-corrected chi connectivity index (χ1v) is 11.0. The van der Waals surface area contributed by atoms with Crippen LogP contribution >= 0.6 is 11.8 Å². The maximum Gasteiger partial charge on any atom is 0.304 e. The lowest BCUT2D eigenvalue weighted by Gasteiger charge is -2.58. The molecule has 1 heterocycles. The molecular formula is C21H31NO4S. The summed E-state index contributed by atoms with van der Waals surface area (Å²) in [6.07, 6.45) is 8.61. The van der Waals surface area contributed by atoms with Gasteiger partial charge in [0.05, 0.1) is 0 Å². The first kappa shape index (κ1) is 19.3. The molecule has 0 aromatic carbocycles. The number of thioether (sulfide) groups is 1. The average Bonchev–Trinajstić information content (AvgIpc) is 2.49. The number of aliphatic hydroxyl groups is 1. The van der Waals surface area contributed by atoms with Gasteiger partial charge in [0.2, 0.25) is 12.1 Å². The van der Waals surface area contributed by atoms with Crippen LogP contribution in [0.25, 0.3) is 0 Å². The maximum absolute atomic E-state index is 12.6. The van der Waals surface area contributed by atoms with Crippen molar-refractivity contribution in [3.63, 3.8) is 0 Å². The van der Waals surface area contributed by atoms with E-state index in [1.165, 1.54) is 52.4 Å². The van der Waals surface area contributed by atoms with E-state index >= 15 is 0 Å². The van der Waals surface area contributed by atoms with Gasteiger partial charge in [-0.2, -0.15) is 0 Å². The van der Waals surface area contributed by atoms with E-state index < -0.39 is 17.8 Å². The van der Waals surface area contributed by atoms with Crippen molar-refractivity contribution in [2.45, 2.75) is 88.2 Å². The van der Waals surface area contributed by atoms with Gasteiger partial charge in [-0.3, -0.25) is 14.5 Å². The molecule has 27 heavy (non-hydrogen) atoms. The standard InChI is InChI=1S/C21H31NO4S/c1-12-8-20(4,25)19(26-14(3)24)22(13(2)23)18(12)27-21-9-15-5-16(10-21)7-17(6-15)11-21/h8,15-19,25H,5-7,9-11H2,1-4H3. The van der Waals surface area contributed by atoms with Gasteiger partial charge in [0, 0.05) is 18.6 Å². The predicted molar refractivity (Wildman–Crippen MR) is 105 cm³/mol. The Labute approximate surface area is 165 Å². The van der Waals surface area contributed by atoms with Crippen LogP contribution < -0.4 is 0 Å². The number of carbonyl (C=O) groups is 2. The molecule has 4 saturated carbocycles. The molecule has 4 bridgehead atoms. The van der Waals surface area contributed by atoms with Crippen LogP contribution in [-0.2, 0) is 14.3 Å². The Bertz CT molecular complexity index is 650. The lowest BCUT2D eigenvalue weighted by molar-refractivity contribution is -0.186. The molecule has 6 heteroatoms. The fourth-order valence-corrected chi connectivity index (χ4v) is 8.55. The smallest absolute Gasteiger partial charge is 0.304 e. The second-order valence-electron chi connectivity index (χ2n) is 9.57. The number of carbonyl (C=O) groups excluding carboxylic acids is 2. The highest BCUT2D eigenvalue weighted by Gasteiger charge is 2.55. The third-order valence-electron chi connectivity index (χ3n) is 6.90. The molecule has 1 amide bonds. The summed E-state index contributed by atoms with van der Waals surface area (Å²) < 4.78 is 5.65. The van der Waals surface area contributed by atoms with E-state index in [0.717, 1.165) is 23.3 Å². The van der Waals surface area contributed by atoms with Crippen molar-refractivity contribution < 1.29 is 19.4 Å². The largest absolute Gasteiger partial charge is 0.438 e. The molecule has 0 spiro atoms. The molecule has 1 aliphatic heterocycles. The van der Waals surface area contributed by atoms with Gasteiger partial charge >= 0.3 is 5.97 Å². The SMILES string of the molecule is CC(=O)OC1N(C(C)=O)C(SC23CC4CC(CC(C4)C2)C3)C(C)=CC1(C)O. The number of hydrogen-bond donors (Lipinski definition) is 1. The molecule has 150 valence electrons. The van der Waals surface area contributed by atoms with Crippen molar-refractivity contribution in [3.8, 4) is 0 Å². The van der Waals surface area contributed by atoms with Crippen molar-refractivity contribution in [2.75, 3.05) is 0 Å². The summed E-state index contributed by atoms with van der Waals surface area (Å²) in [6, 6.07) is 0. The first-order chi connectivity index (χ1) is 12.6. The number of nitrogens with zero attached hydrogens (tertiary/aromatic N) is 1. The maximum atomic E-state index is 12.6. The van der Waals surface area contributed by atoms with Crippen molar-refractivity contribution in [3.05, 3.63) is 11.6 Å². The van der Waals surface area contributed by atoms with Crippen molar-refractivity contribution in [1.29, 1.82) is 0 Å². The molecule has 5 rings (SSSR count). The molecule has 5 nitrogen and oxygen atoms in total. The van der Waals surface area contributed by atoms with Crippen LogP contribution in [0.2, 0.25) is 0 Å². The van der Waals surface area contributed by atoms with Crippen LogP contribution in [-0.4, -0.2) is 43.8 Å². The molecule has 1 N–H and O–H groups in total. The lowest BCUT2D eigenvalue weighted by Crippen LogP contribution is -2.61. The van der Waals surface area contributed by atoms with E-state index in [4.69, 9.17) is 4.74 Å². The molecule has 0 saturated heterocycles. The minimum atomic E-state index is -1.39. The first-order valence-electron chi connectivity index (χ1n) is 10.1. The van der Waals surface area contributed by atoms with E-state index in [9.17, 15) is 14.7 Å². The van der Waals surface area contributed by atoms with Crippen LogP contribution in [0.5, 0.6) is 0 Å². The summed E-state index contributed by atoms with van der Waals surface area (Å²) in [4.78, 5) is 25.9. The van der Waals surface area contributed by atoms with Gasteiger partial charge in [-0.1, -0.05) is 0 Å². The molecule has 5 aliphatic rings. The zero-order valence-corrected chi connectivity index (χ0v) is 17.6. The second-order valence-corrected chi connectivity index (χ2v) is 11.1. The fraction of sp³-hybridized carbons (Fsp3) is 0.810. The quantitative estimate of drug-likeness (QED) is 0.587. The highest BCUT2D eigenvalue weighted by Crippen LogP contribution is 2.62. The minimum absolute atomic E-state index is 0.170. The molecule has 0 aromatic heterocycles. The van der Waals surface area contributed by atoms with Gasteiger partial charge < -0.3 is 9.84 Å². The van der Waals surface area contributed by atoms with Crippen LogP contribution in [0.4, 0.5) is 0 Å². The Balaban J connectivity index is 1.66. The monoisotopic (exact) mass is 393 g/mol. The molecule has 3 atom stereocenters. The van der Waals surface area contributed by atoms with Crippen LogP contribution in [0, 0.1) is 17.8 Å². The van der Waals surface area contributed by atoms with Crippen LogP contribution in [0.3, 0.4) is 0 Å². The number of esters is 1. The van der Waals surface area contributed by atoms with E-state index in [-0.39, 0.29) is 16.0 Å². The summed E-state index contributed by atoms with van der Waals surface area (Å²) in [5, 5.41) is 10.7. The number of ether oxygens (including phenoxy) is 1. The van der Waals surface area contributed by atoms with Gasteiger partial charge in [-0.25, -0.2) is 0 Å². The molecule has 4 aliphatic carbocycles. The topological polar surface area (TPSA) is 66.8 Å². The van der Waals surface area contributed by atoms with Crippen molar-refractivity contribution in [1.82, 2.24) is 4.90 Å². The highest BCUT2D eigenvalue weighted by atomic mass is 32.2. The van der Waals surface area contributed by atoms with Gasteiger partial charge in [-0.05, 0) is 81.8 Å². The minimum Gasteiger partial charge on any atom is -0.438 e. The van der Waals surface area contributed by atoms with Gasteiger partial charge in [-0.15, -0.1) is 11.8 Å². The summed E-state index contributed by atoms with van der Waals surface area (Å²) in [7, 11) is 0. The molecular weight excluding hydrogens is 362 g/mol. The summed E-state index contributed by atoms with van der Waals surface area (Å²) in [5.74, 6) is 1.83. The highest BCUT2D eigenvalue weighted by molar-refractivity contribution is 8.01. The molecule has 0 radical (unpaired) electrons. The second kappa shape index (κ2) is 6.51. The summed E-state index contributed by atoms with van der Waals surface area (Å²) in [5.41, 5.74) is -0.417. The normalized spacial score (nSPS) is 45.6. The van der Waals surface area contributed by atoms with Crippen molar-refractivity contribution >= 4 is 23.6 Å². The molecule has 4 fully saturated rings. The Kier molecular flexibility index (Phi) is 4.66.